The van der Waals surface area contributed by atoms with Gasteiger partial charge in [-0.2, -0.15) is 0 Å². The summed E-state index contributed by atoms with van der Waals surface area (Å²) in [6.45, 7) is 0.338. The third kappa shape index (κ3) is 3.01. The zero-order valence-corrected chi connectivity index (χ0v) is 8.78. The summed E-state index contributed by atoms with van der Waals surface area (Å²) < 4.78 is 1.79. The second-order valence-electron chi connectivity index (χ2n) is 3.97. The van der Waals surface area contributed by atoms with Crippen LogP contribution in [0.4, 0.5) is 0 Å². The summed E-state index contributed by atoms with van der Waals surface area (Å²) >= 11 is 0. The number of aromatic nitrogens is 1. The van der Waals surface area contributed by atoms with Gasteiger partial charge in [-0.05, 0) is 25.0 Å². The normalized spacial score (nSPS) is 16.5. The molecule has 0 saturated heterocycles. The van der Waals surface area contributed by atoms with Crippen LogP contribution in [0.15, 0.2) is 24.5 Å². The van der Waals surface area contributed by atoms with Gasteiger partial charge >= 0.3 is 0 Å². The summed E-state index contributed by atoms with van der Waals surface area (Å²) in [5.41, 5.74) is 3.00. The van der Waals surface area contributed by atoms with Gasteiger partial charge in [-0.3, -0.25) is 9.47 Å². The minimum atomic E-state index is 0.0793. The number of carbonyl (C=O) groups excluding carboxylic acids is 1. The van der Waals surface area contributed by atoms with E-state index in [0.29, 0.717) is 12.6 Å². The van der Waals surface area contributed by atoms with Crippen LogP contribution in [0.3, 0.4) is 0 Å². The molecular weight excluding hydrogens is 190 g/mol. The molecule has 1 amide bonds. The second kappa shape index (κ2) is 4.87. The first kappa shape index (κ1) is 10.1. The molecule has 1 aromatic rings. The zero-order valence-electron chi connectivity index (χ0n) is 8.78. The first-order valence-electron chi connectivity index (χ1n) is 5.51. The average molecular weight is 207 g/mol. The third-order valence-electron chi connectivity index (χ3n) is 2.75. The Balaban J connectivity index is 1.68. The van der Waals surface area contributed by atoms with Crippen molar-refractivity contribution in [3.05, 3.63) is 24.5 Å². The summed E-state index contributed by atoms with van der Waals surface area (Å²) in [6, 6.07) is 4.24. The predicted molar refractivity (Wildman–Crippen MR) is 59.1 cm³/mol. The molecule has 15 heavy (non-hydrogen) atoms. The van der Waals surface area contributed by atoms with Crippen molar-refractivity contribution in [3.8, 4) is 0 Å². The topological polar surface area (TPSA) is 46.1 Å². The summed E-state index contributed by atoms with van der Waals surface area (Å²) in [5.74, 6) is 0.0793. The molecule has 0 bridgehead atoms. The zero-order chi connectivity index (χ0) is 10.5. The van der Waals surface area contributed by atoms with Gasteiger partial charge in [-0.1, -0.05) is 12.8 Å². The van der Waals surface area contributed by atoms with Crippen LogP contribution < -0.4 is 10.7 Å². The van der Waals surface area contributed by atoms with Gasteiger partial charge in [0.25, 0.3) is 0 Å². The highest BCUT2D eigenvalue weighted by molar-refractivity contribution is 5.79. The van der Waals surface area contributed by atoms with Crippen LogP contribution in [0.1, 0.15) is 25.7 Å². The van der Waals surface area contributed by atoms with Crippen molar-refractivity contribution in [2.75, 3.05) is 12.0 Å². The number of hydrogen-bond donors (Lipinski definition) is 2. The molecule has 1 aliphatic carbocycles. The Labute approximate surface area is 89.6 Å². The van der Waals surface area contributed by atoms with Gasteiger partial charge in [-0.25, -0.2) is 0 Å². The molecule has 0 unspecified atom stereocenters. The molecule has 2 rings (SSSR count). The molecule has 1 heterocycles. The van der Waals surface area contributed by atoms with Crippen molar-refractivity contribution in [2.24, 2.45) is 0 Å². The first-order chi connectivity index (χ1) is 7.34. The van der Waals surface area contributed by atoms with E-state index in [4.69, 9.17) is 0 Å². The first-order valence-corrected chi connectivity index (χ1v) is 5.51. The van der Waals surface area contributed by atoms with Crippen LogP contribution in [0.2, 0.25) is 0 Å². The highest BCUT2D eigenvalue weighted by Gasteiger charge is 2.16. The van der Waals surface area contributed by atoms with E-state index in [1.54, 1.807) is 4.68 Å². The van der Waals surface area contributed by atoms with E-state index in [1.165, 1.54) is 12.8 Å². The summed E-state index contributed by atoms with van der Waals surface area (Å²) in [6.07, 6.45) is 8.52. The molecule has 0 aromatic carbocycles. The van der Waals surface area contributed by atoms with Gasteiger partial charge < -0.3 is 10.7 Å². The maximum atomic E-state index is 11.5. The minimum Gasteiger partial charge on any atom is -0.352 e. The molecule has 0 radical (unpaired) electrons. The summed E-state index contributed by atoms with van der Waals surface area (Å²) in [5, 5.41) is 3.03. The molecule has 0 spiro atoms. The van der Waals surface area contributed by atoms with E-state index in [-0.39, 0.29) is 5.91 Å². The summed E-state index contributed by atoms with van der Waals surface area (Å²) in [4.78, 5) is 11.5. The largest absolute Gasteiger partial charge is 0.352 e. The van der Waals surface area contributed by atoms with Crippen LogP contribution in [0.25, 0.3) is 0 Å². The molecule has 1 fully saturated rings. The van der Waals surface area contributed by atoms with Gasteiger partial charge in [0.2, 0.25) is 5.91 Å². The van der Waals surface area contributed by atoms with Gasteiger partial charge in [-0.15, -0.1) is 0 Å². The van der Waals surface area contributed by atoms with Crippen molar-refractivity contribution < 1.29 is 4.79 Å². The minimum absolute atomic E-state index is 0.0793. The fourth-order valence-corrected chi connectivity index (χ4v) is 1.95. The molecule has 4 heteroatoms. The van der Waals surface area contributed by atoms with Crippen LogP contribution in [0.5, 0.6) is 0 Å². The lowest BCUT2D eigenvalue weighted by Gasteiger charge is -2.13. The Bertz CT molecular complexity index is 302. The lowest BCUT2D eigenvalue weighted by atomic mass is 10.2. The molecule has 1 aromatic heterocycles. The van der Waals surface area contributed by atoms with Crippen molar-refractivity contribution in [3.63, 3.8) is 0 Å². The van der Waals surface area contributed by atoms with E-state index in [2.05, 4.69) is 10.7 Å². The predicted octanol–water partition coefficient (Wildman–Crippen LogP) is 1.09. The van der Waals surface area contributed by atoms with E-state index < -0.39 is 0 Å². The van der Waals surface area contributed by atoms with E-state index in [9.17, 15) is 4.79 Å². The van der Waals surface area contributed by atoms with Crippen LogP contribution in [0, 0.1) is 0 Å². The quantitative estimate of drug-likeness (QED) is 0.776. The molecule has 0 aliphatic heterocycles. The van der Waals surface area contributed by atoms with Gasteiger partial charge in [0.15, 0.2) is 0 Å². The Morgan fingerprint density at radius 3 is 2.60 bits per heavy atom. The highest BCUT2D eigenvalue weighted by Crippen LogP contribution is 2.17. The Morgan fingerprint density at radius 2 is 1.93 bits per heavy atom. The van der Waals surface area contributed by atoms with E-state index in [1.807, 2.05) is 24.5 Å². The maximum absolute atomic E-state index is 11.5. The van der Waals surface area contributed by atoms with Gasteiger partial charge in [0.1, 0.15) is 6.54 Å². The maximum Gasteiger partial charge on any atom is 0.241 e. The lowest BCUT2D eigenvalue weighted by Crippen LogP contribution is -2.38. The molecule has 82 valence electrons. The van der Waals surface area contributed by atoms with Crippen LogP contribution in [-0.2, 0) is 4.79 Å². The summed E-state index contributed by atoms with van der Waals surface area (Å²) in [7, 11) is 0. The Hall–Kier alpha value is -1.45. The van der Waals surface area contributed by atoms with Crippen molar-refractivity contribution in [1.29, 1.82) is 0 Å². The Kier molecular flexibility index (Phi) is 3.27. The molecule has 0 atom stereocenters. The number of amides is 1. The monoisotopic (exact) mass is 207 g/mol. The SMILES string of the molecule is O=C(CNn1cccc1)NC1CCCC1. The lowest BCUT2D eigenvalue weighted by molar-refractivity contribution is -0.120. The molecule has 1 aliphatic rings. The third-order valence-corrected chi connectivity index (χ3v) is 2.75. The van der Waals surface area contributed by atoms with Crippen molar-refractivity contribution in [2.45, 2.75) is 31.7 Å². The number of hydrogen-bond acceptors (Lipinski definition) is 2. The van der Waals surface area contributed by atoms with Crippen LogP contribution in [-0.4, -0.2) is 23.2 Å². The number of carbonyl (C=O) groups is 1. The number of nitrogens with zero attached hydrogens (tertiary/aromatic N) is 1. The van der Waals surface area contributed by atoms with Gasteiger partial charge in [0.05, 0.1) is 0 Å². The molecular formula is C11H17N3O. The van der Waals surface area contributed by atoms with Crippen molar-refractivity contribution >= 4 is 5.91 Å². The molecule has 4 nitrogen and oxygen atoms in total. The smallest absolute Gasteiger partial charge is 0.241 e. The molecule has 1 saturated carbocycles. The van der Waals surface area contributed by atoms with E-state index in [0.717, 1.165) is 12.8 Å². The van der Waals surface area contributed by atoms with Crippen molar-refractivity contribution in [1.82, 2.24) is 9.99 Å². The van der Waals surface area contributed by atoms with E-state index >= 15 is 0 Å². The number of rotatable bonds is 4. The molecule has 2 N–H and O–H groups in total. The van der Waals surface area contributed by atoms with Crippen LogP contribution >= 0.6 is 0 Å². The fourth-order valence-electron chi connectivity index (χ4n) is 1.95. The second-order valence-corrected chi connectivity index (χ2v) is 3.97. The van der Waals surface area contributed by atoms with Gasteiger partial charge in [0, 0.05) is 18.4 Å². The average Bonchev–Trinajstić information content (AvgIpc) is 2.86. The fraction of sp³-hybridized carbons (Fsp3) is 0.545. The standard InChI is InChI=1S/C11H17N3O/c15-11(13-10-5-1-2-6-10)9-12-14-7-3-4-8-14/h3-4,7-8,10,12H,1-2,5-6,9H2,(H,13,15). The highest BCUT2D eigenvalue weighted by atomic mass is 16.2. The Morgan fingerprint density at radius 1 is 1.27 bits per heavy atom. The number of nitrogens with one attached hydrogen (secondary N) is 2.